The summed E-state index contributed by atoms with van der Waals surface area (Å²) in [6.07, 6.45) is -3.15. The molecule has 0 unspecified atom stereocenters. The fourth-order valence-corrected chi connectivity index (χ4v) is 1.05. The lowest BCUT2D eigenvalue weighted by Crippen LogP contribution is -2.06. The van der Waals surface area contributed by atoms with Gasteiger partial charge in [-0.1, -0.05) is 0 Å². The minimum Gasteiger partial charge on any atom is -0.276 e. The summed E-state index contributed by atoms with van der Waals surface area (Å²) in [5.41, 5.74) is -0.826. The highest BCUT2D eigenvalue weighted by molar-refractivity contribution is 5.76. The summed E-state index contributed by atoms with van der Waals surface area (Å²) in [5, 5.41) is 5.42. The van der Waals surface area contributed by atoms with E-state index in [9.17, 15) is 13.2 Å². The van der Waals surface area contributed by atoms with Gasteiger partial charge >= 0.3 is 6.18 Å². The third-order valence-electron chi connectivity index (χ3n) is 1.59. The Bertz CT molecular complexity index is 432. The van der Waals surface area contributed by atoms with E-state index >= 15 is 0 Å². The maximum absolute atomic E-state index is 12.2. The summed E-state index contributed by atoms with van der Waals surface area (Å²) in [6.45, 7) is 0. The van der Waals surface area contributed by atoms with Gasteiger partial charge in [0, 0.05) is 6.20 Å². The van der Waals surface area contributed by atoms with E-state index in [1.54, 1.807) is 6.07 Å². The van der Waals surface area contributed by atoms with Crippen LogP contribution in [0.4, 0.5) is 13.2 Å². The molecular formula is C7H4F3N3. The van der Waals surface area contributed by atoms with Gasteiger partial charge in [-0.05, 0) is 12.1 Å². The number of halogens is 3. The zero-order valence-corrected chi connectivity index (χ0v) is 6.26. The van der Waals surface area contributed by atoms with Gasteiger partial charge in [-0.2, -0.15) is 18.3 Å². The molecule has 2 aromatic rings. The molecular weight excluding hydrogens is 183 g/mol. The minimum absolute atomic E-state index is 0.144. The quantitative estimate of drug-likeness (QED) is 0.685. The summed E-state index contributed by atoms with van der Waals surface area (Å²) in [7, 11) is 0. The first kappa shape index (κ1) is 8.03. The van der Waals surface area contributed by atoms with Crippen LogP contribution in [0.15, 0.2) is 18.3 Å². The number of hydrogen-bond donors (Lipinski definition) is 1. The molecule has 0 fully saturated rings. The molecule has 0 bridgehead atoms. The van der Waals surface area contributed by atoms with E-state index in [-0.39, 0.29) is 11.0 Å². The van der Waals surface area contributed by atoms with E-state index in [0.29, 0.717) is 0 Å². The monoisotopic (exact) mass is 187 g/mol. The lowest BCUT2D eigenvalue weighted by molar-refractivity contribution is -0.140. The second-order valence-electron chi connectivity index (χ2n) is 2.47. The molecule has 0 aliphatic rings. The van der Waals surface area contributed by atoms with Gasteiger partial charge in [0.05, 0.1) is 5.52 Å². The molecule has 2 rings (SSSR count). The van der Waals surface area contributed by atoms with Crippen molar-refractivity contribution in [3.05, 3.63) is 24.0 Å². The number of nitrogens with zero attached hydrogens (tertiary/aromatic N) is 2. The molecule has 2 aromatic heterocycles. The molecule has 0 saturated carbocycles. The Balaban J connectivity index is 2.72. The first-order valence-electron chi connectivity index (χ1n) is 3.45. The van der Waals surface area contributed by atoms with Gasteiger partial charge in [0.1, 0.15) is 5.52 Å². The molecule has 13 heavy (non-hydrogen) atoms. The van der Waals surface area contributed by atoms with E-state index in [1.165, 1.54) is 12.3 Å². The largest absolute Gasteiger partial charge is 0.437 e. The van der Waals surface area contributed by atoms with Crippen LogP contribution in [0.2, 0.25) is 0 Å². The van der Waals surface area contributed by atoms with Crippen LogP contribution in [0.1, 0.15) is 5.69 Å². The summed E-state index contributed by atoms with van der Waals surface area (Å²) in [6, 6.07) is 3.03. The second-order valence-corrected chi connectivity index (χ2v) is 2.47. The molecule has 0 saturated heterocycles. The Morgan fingerprint density at radius 3 is 2.77 bits per heavy atom. The van der Waals surface area contributed by atoms with Crippen LogP contribution in [0, 0.1) is 0 Å². The molecule has 6 heteroatoms. The Labute approximate surface area is 70.6 Å². The fraction of sp³-hybridized carbons (Fsp3) is 0.143. The van der Waals surface area contributed by atoms with Crippen molar-refractivity contribution in [3.63, 3.8) is 0 Å². The highest BCUT2D eigenvalue weighted by Crippen LogP contribution is 2.31. The average Bonchev–Trinajstić information content (AvgIpc) is 2.45. The smallest absolute Gasteiger partial charge is 0.276 e. The summed E-state index contributed by atoms with van der Waals surface area (Å²) < 4.78 is 36.7. The van der Waals surface area contributed by atoms with Gasteiger partial charge in [0.25, 0.3) is 0 Å². The highest BCUT2D eigenvalue weighted by atomic mass is 19.4. The molecule has 0 aliphatic carbocycles. The van der Waals surface area contributed by atoms with Crippen molar-refractivity contribution in [2.45, 2.75) is 6.18 Å². The molecule has 0 aliphatic heterocycles. The maximum atomic E-state index is 12.2. The van der Waals surface area contributed by atoms with E-state index in [4.69, 9.17) is 0 Å². The molecule has 0 amide bonds. The molecule has 2 heterocycles. The lowest BCUT2D eigenvalue weighted by Gasteiger charge is -2.00. The Hall–Kier alpha value is -1.59. The van der Waals surface area contributed by atoms with Crippen molar-refractivity contribution in [2.24, 2.45) is 0 Å². The number of aromatic amines is 1. The van der Waals surface area contributed by atoms with Crippen molar-refractivity contribution in [3.8, 4) is 0 Å². The number of alkyl halides is 3. The standard InChI is InChI=1S/C7H4F3N3/c8-7(9,10)6-5-4(12-13-6)2-1-3-11-5/h1-3H,(H,12,13). The Morgan fingerprint density at radius 1 is 1.31 bits per heavy atom. The van der Waals surface area contributed by atoms with Crippen LogP contribution in [0.25, 0.3) is 11.0 Å². The van der Waals surface area contributed by atoms with Crippen LogP contribution in [-0.2, 0) is 6.18 Å². The molecule has 3 nitrogen and oxygen atoms in total. The fourth-order valence-electron chi connectivity index (χ4n) is 1.05. The number of H-pyrrole nitrogens is 1. The summed E-state index contributed by atoms with van der Waals surface area (Å²) in [4.78, 5) is 3.59. The topological polar surface area (TPSA) is 41.6 Å². The number of rotatable bonds is 0. The van der Waals surface area contributed by atoms with Gasteiger partial charge in [0.2, 0.25) is 0 Å². The van der Waals surface area contributed by atoms with E-state index in [2.05, 4.69) is 15.2 Å². The van der Waals surface area contributed by atoms with Crippen molar-refractivity contribution < 1.29 is 13.2 Å². The predicted octanol–water partition coefficient (Wildman–Crippen LogP) is 1.98. The molecule has 0 radical (unpaired) electrons. The van der Waals surface area contributed by atoms with Crippen molar-refractivity contribution >= 4 is 11.0 Å². The minimum atomic E-state index is -4.45. The van der Waals surface area contributed by atoms with Crippen LogP contribution >= 0.6 is 0 Å². The van der Waals surface area contributed by atoms with Gasteiger partial charge < -0.3 is 0 Å². The van der Waals surface area contributed by atoms with E-state index in [0.717, 1.165) is 0 Å². The maximum Gasteiger partial charge on any atom is 0.437 e. The first-order chi connectivity index (χ1) is 6.09. The third-order valence-corrected chi connectivity index (χ3v) is 1.59. The zero-order valence-electron chi connectivity index (χ0n) is 6.26. The van der Waals surface area contributed by atoms with Gasteiger partial charge in [-0.25, -0.2) is 0 Å². The zero-order chi connectivity index (χ0) is 9.47. The first-order valence-corrected chi connectivity index (χ1v) is 3.45. The number of hydrogen-bond acceptors (Lipinski definition) is 2. The average molecular weight is 187 g/mol. The Kier molecular flexibility index (Phi) is 1.51. The molecule has 0 spiro atoms. The Morgan fingerprint density at radius 2 is 2.08 bits per heavy atom. The number of nitrogens with one attached hydrogen (secondary N) is 1. The lowest BCUT2D eigenvalue weighted by atomic mass is 10.3. The number of aromatic nitrogens is 3. The normalized spacial score (nSPS) is 12.2. The number of pyridine rings is 1. The third kappa shape index (κ3) is 1.24. The molecule has 0 atom stereocenters. The van der Waals surface area contributed by atoms with Crippen LogP contribution in [-0.4, -0.2) is 15.2 Å². The van der Waals surface area contributed by atoms with Crippen LogP contribution in [0.5, 0.6) is 0 Å². The van der Waals surface area contributed by atoms with Gasteiger partial charge in [-0.15, -0.1) is 0 Å². The van der Waals surface area contributed by atoms with Crippen LogP contribution in [0.3, 0.4) is 0 Å². The summed E-state index contributed by atoms with van der Waals surface area (Å²) in [5.74, 6) is 0. The van der Waals surface area contributed by atoms with Crippen molar-refractivity contribution in [1.82, 2.24) is 15.2 Å². The highest BCUT2D eigenvalue weighted by Gasteiger charge is 2.36. The van der Waals surface area contributed by atoms with E-state index in [1.807, 2.05) is 0 Å². The van der Waals surface area contributed by atoms with Gasteiger partial charge in [0.15, 0.2) is 5.69 Å². The summed E-state index contributed by atoms with van der Waals surface area (Å²) >= 11 is 0. The predicted molar refractivity (Wildman–Crippen MR) is 38.9 cm³/mol. The SMILES string of the molecule is FC(F)(F)c1n[nH]c2cccnc12. The van der Waals surface area contributed by atoms with Crippen molar-refractivity contribution in [1.29, 1.82) is 0 Å². The second kappa shape index (κ2) is 2.45. The van der Waals surface area contributed by atoms with E-state index < -0.39 is 11.9 Å². The van der Waals surface area contributed by atoms with Crippen LogP contribution < -0.4 is 0 Å². The van der Waals surface area contributed by atoms with Crippen molar-refractivity contribution in [2.75, 3.05) is 0 Å². The molecule has 0 aromatic carbocycles. The van der Waals surface area contributed by atoms with Gasteiger partial charge in [-0.3, -0.25) is 10.1 Å². The molecule has 1 N–H and O–H groups in total. The molecule has 68 valence electrons. The number of fused-ring (bicyclic) bond motifs is 1.